The van der Waals surface area contributed by atoms with Crippen molar-refractivity contribution in [1.82, 2.24) is 4.57 Å². The van der Waals surface area contributed by atoms with E-state index in [9.17, 15) is 0 Å². The van der Waals surface area contributed by atoms with Crippen molar-refractivity contribution in [1.29, 1.82) is 0 Å². The fourth-order valence-corrected chi connectivity index (χ4v) is 10.8. The molecule has 7 aromatic rings. The van der Waals surface area contributed by atoms with Crippen LogP contribution in [0.15, 0.2) is 122 Å². The summed E-state index contributed by atoms with van der Waals surface area (Å²) in [4.78, 5) is 0. The lowest BCUT2D eigenvalue weighted by atomic mass is 9.58. The topological polar surface area (TPSA) is 12.7 Å². The molecular formula is C47H51N3S+2. The molecule has 3 aromatic heterocycles. The number of nitrogens with zero attached hydrogens (tertiary/aromatic N) is 3. The van der Waals surface area contributed by atoms with Crippen LogP contribution in [0.2, 0.25) is 0 Å². The van der Waals surface area contributed by atoms with Crippen LogP contribution in [0.3, 0.4) is 0 Å². The molecule has 4 aromatic carbocycles. The molecule has 0 amide bonds. The lowest BCUT2D eigenvalue weighted by molar-refractivity contribution is -0.770. The molecule has 0 bridgehead atoms. The molecule has 0 radical (unpaired) electrons. The van der Waals surface area contributed by atoms with E-state index in [1.165, 1.54) is 78.0 Å². The maximum atomic E-state index is 2.71. The Balaban J connectivity index is 1.19. The van der Waals surface area contributed by atoms with Crippen LogP contribution in [0.5, 0.6) is 0 Å². The Morgan fingerprint density at radius 1 is 0.745 bits per heavy atom. The highest BCUT2D eigenvalue weighted by molar-refractivity contribution is 7.26. The van der Waals surface area contributed by atoms with Gasteiger partial charge in [-0.05, 0) is 86.1 Å². The van der Waals surface area contributed by atoms with Gasteiger partial charge in [-0.2, -0.15) is 9.13 Å². The summed E-state index contributed by atoms with van der Waals surface area (Å²) in [6, 6.07) is 38.8. The predicted octanol–water partition coefficient (Wildman–Crippen LogP) is 11.4. The van der Waals surface area contributed by atoms with E-state index < -0.39 is 0 Å². The molecule has 2 unspecified atom stereocenters. The highest BCUT2D eigenvalue weighted by Crippen LogP contribution is 2.55. The summed E-state index contributed by atoms with van der Waals surface area (Å²) in [5.74, 6) is 1.22. The number of hydrogen-bond acceptors (Lipinski definition) is 1. The van der Waals surface area contributed by atoms with Gasteiger partial charge >= 0.3 is 0 Å². The van der Waals surface area contributed by atoms with Gasteiger partial charge in [-0.1, -0.05) is 87.9 Å². The van der Waals surface area contributed by atoms with Gasteiger partial charge < -0.3 is 0 Å². The standard InChI is InChI=1S/C47H51N3S/c1-6-9-18-34-25-26-38-39-27-28-40-43(44(39)51-42(38)33-34)41-24-15-16-30-50(41)47(8-3,46(40,4)7-2)29-17-20-35-19-13-14-23-37(35)45-48(5)31-32-49(45)36-21-11-10-12-22-36/h10-16,19,21-28,30-33H,6-9,17-18,20,29H2,1-5H3/q+2. The SMILES string of the molecule is CCCCc1ccc2c(c1)sc1c3c(ccc12)C(C)(CC)C(CC)(CCCc1ccccc1-c1n(-c2ccccc2)cc[n+]1C)[n+]1ccccc1-3. The Hall–Kier alpha value is -4.54. The van der Waals surface area contributed by atoms with E-state index >= 15 is 0 Å². The van der Waals surface area contributed by atoms with Gasteiger partial charge in [-0.3, -0.25) is 0 Å². The minimum atomic E-state index is -0.0487. The molecule has 0 aliphatic carbocycles. The van der Waals surface area contributed by atoms with Crippen LogP contribution >= 0.6 is 11.3 Å². The number of unbranched alkanes of at least 4 members (excludes halogenated alkanes) is 1. The minimum Gasteiger partial charge on any atom is -0.232 e. The van der Waals surface area contributed by atoms with Crippen LogP contribution in [0.25, 0.3) is 48.5 Å². The van der Waals surface area contributed by atoms with Gasteiger partial charge in [0.05, 0.1) is 23.6 Å². The summed E-state index contributed by atoms with van der Waals surface area (Å²) in [6.07, 6.45) is 15.8. The molecule has 3 nitrogen and oxygen atoms in total. The number of fused-ring (bicyclic) bond motifs is 7. The highest BCUT2D eigenvalue weighted by atomic mass is 32.1. The number of pyridine rings is 1. The zero-order chi connectivity index (χ0) is 35.2. The zero-order valence-electron chi connectivity index (χ0n) is 31.0. The maximum Gasteiger partial charge on any atom is 0.294 e. The van der Waals surface area contributed by atoms with Gasteiger partial charge in [-0.25, -0.2) is 4.57 Å². The third-order valence-electron chi connectivity index (χ3n) is 12.3. The molecule has 1 aliphatic heterocycles. The smallest absolute Gasteiger partial charge is 0.232 e. The largest absolute Gasteiger partial charge is 0.294 e. The third-order valence-corrected chi connectivity index (χ3v) is 13.5. The Kier molecular flexibility index (Phi) is 8.92. The van der Waals surface area contributed by atoms with Crippen molar-refractivity contribution in [3.8, 4) is 28.3 Å². The van der Waals surface area contributed by atoms with Crippen molar-refractivity contribution in [2.24, 2.45) is 7.05 Å². The van der Waals surface area contributed by atoms with Gasteiger partial charge in [-0.15, -0.1) is 11.3 Å². The van der Waals surface area contributed by atoms with Crippen LogP contribution < -0.4 is 9.13 Å². The van der Waals surface area contributed by atoms with Crippen LogP contribution in [0, 0.1) is 0 Å². The molecule has 4 heteroatoms. The van der Waals surface area contributed by atoms with Crippen molar-refractivity contribution in [3.63, 3.8) is 0 Å². The summed E-state index contributed by atoms with van der Waals surface area (Å²) in [5, 5.41) is 2.80. The van der Waals surface area contributed by atoms with E-state index in [1.807, 2.05) is 11.3 Å². The maximum absolute atomic E-state index is 2.71. The second-order valence-corrected chi connectivity index (χ2v) is 15.9. The number of thiophene rings is 1. The second-order valence-electron chi connectivity index (χ2n) is 14.9. The summed E-state index contributed by atoms with van der Waals surface area (Å²) in [5.41, 5.74) is 9.65. The number of benzene rings is 4. The quantitative estimate of drug-likeness (QED) is 0.120. The molecule has 51 heavy (non-hydrogen) atoms. The first-order valence-electron chi connectivity index (χ1n) is 19.1. The molecule has 0 saturated carbocycles. The molecule has 0 N–H and O–H groups in total. The number of rotatable bonds is 11. The first-order valence-corrected chi connectivity index (χ1v) is 20.0. The number of para-hydroxylation sites is 1. The molecular weight excluding hydrogens is 639 g/mol. The van der Waals surface area contributed by atoms with Crippen molar-refractivity contribution in [2.75, 3.05) is 0 Å². The number of aryl methyl sites for hydroxylation is 3. The first kappa shape index (κ1) is 33.6. The van der Waals surface area contributed by atoms with Gasteiger partial charge in [0.2, 0.25) is 5.69 Å². The Morgan fingerprint density at radius 3 is 2.33 bits per heavy atom. The number of imidazole rings is 1. The van der Waals surface area contributed by atoms with Crippen LogP contribution in [0.4, 0.5) is 0 Å². The molecule has 0 spiro atoms. The second kappa shape index (κ2) is 13.5. The molecule has 258 valence electrons. The van der Waals surface area contributed by atoms with Gasteiger partial charge in [0.15, 0.2) is 11.7 Å². The minimum absolute atomic E-state index is 0.0271. The van der Waals surface area contributed by atoms with E-state index in [4.69, 9.17) is 0 Å². The lowest BCUT2D eigenvalue weighted by Crippen LogP contribution is -2.69. The summed E-state index contributed by atoms with van der Waals surface area (Å²) < 4.78 is 10.2. The molecule has 8 rings (SSSR count). The summed E-state index contributed by atoms with van der Waals surface area (Å²) in [7, 11) is 2.16. The fraction of sp³-hybridized carbons (Fsp3) is 0.319. The molecule has 2 atom stereocenters. The third kappa shape index (κ3) is 5.37. The number of hydrogen-bond donors (Lipinski definition) is 0. The lowest BCUT2D eigenvalue weighted by Gasteiger charge is -2.48. The van der Waals surface area contributed by atoms with E-state index in [1.54, 1.807) is 0 Å². The zero-order valence-corrected chi connectivity index (χ0v) is 31.8. The van der Waals surface area contributed by atoms with E-state index in [2.05, 4.69) is 170 Å². The van der Waals surface area contributed by atoms with E-state index in [-0.39, 0.29) is 11.0 Å². The van der Waals surface area contributed by atoms with Crippen molar-refractivity contribution in [3.05, 3.63) is 138 Å². The fourth-order valence-electron chi connectivity index (χ4n) is 9.45. The number of aromatic nitrogens is 3. The highest BCUT2D eigenvalue weighted by Gasteiger charge is 2.59. The van der Waals surface area contributed by atoms with Crippen LogP contribution in [0.1, 0.15) is 82.9 Å². The molecule has 4 heterocycles. The Labute approximate surface area is 307 Å². The van der Waals surface area contributed by atoms with Crippen molar-refractivity contribution >= 4 is 31.5 Å². The summed E-state index contributed by atoms with van der Waals surface area (Å²) >= 11 is 2.01. The average Bonchev–Trinajstić information content (AvgIpc) is 3.75. The predicted molar refractivity (Wildman–Crippen MR) is 215 cm³/mol. The monoisotopic (exact) mass is 689 g/mol. The average molecular weight is 690 g/mol. The van der Waals surface area contributed by atoms with Crippen molar-refractivity contribution in [2.45, 2.75) is 90.0 Å². The molecule has 0 fully saturated rings. The van der Waals surface area contributed by atoms with Crippen molar-refractivity contribution < 1.29 is 9.13 Å². The van der Waals surface area contributed by atoms with Gasteiger partial charge in [0.1, 0.15) is 18.1 Å². The van der Waals surface area contributed by atoms with Crippen LogP contribution in [-0.4, -0.2) is 4.57 Å². The van der Waals surface area contributed by atoms with E-state index in [0.29, 0.717) is 0 Å². The summed E-state index contributed by atoms with van der Waals surface area (Å²) in [6.45, 7) is 9.70. The Bertz CT molecular complexity index is 2350. The van der Waals surface area contributed by atoms with E-state index in [0.717, 1.165) is 38.5 Å². The molecule has 1 aliphatic rings. The Morgan fingerprint density at radius 2 is 1.53 bits per heavy atom. The van der Waals surface area contributed by atoms with Crippen LogP contribution in [-0.2, 0) is 30.8 Å². The first-order chi connectivity index (χ1) is 24.9. The van der Waals surface area contributed by atoms with Gasteiger partial charge in [0.25, 0.3) is 5.82 Å². The van der Waals surface area contributed by atoms with Gasteiger partial charge in [0, 0.05) is 45.1 Å². The molecule has 0 saturated heterocycles. The normalized spacial score (nSPS) is 18.3.